The fourth-order valence-electron chi connectivity index (χ4n) is 1.35. The highest BCUT2D eigenvalue weighted by atomic mass is 16.3. The van der Waals surface area contributed by atoms with E-state index in [1.54, 1.807) is 0 Å². The lowest BCUT2D eigenvalue weighted by molar-refractivity contribution is 0.282. The van der Waals surface area contributed by atoms with Crippen LogP contribution in [0, 0.1) is 0 Å². The average Bonchev–Trinajstić information content (AvgIpc) is 2.29. The summed E-state index contributed by atoms with van der Waals surface area (Å²) in [4.78, 5) is 14.7. The zero-order chi connectivity index (χ0) is 13.5. The molecule has 0 bridgehead atoms. The normalized spacial score (nSPS) is 12.1. The summed E-state index contributed by atoms with van der Waals surface area (Å²) in [5.74, 6) is 1.67. The Balaban J connectivity index is 2.88. The Bertz CT molecular complexity index is 371. The molecule has 1 aromatic rings. The molecule has 7 heteroatoms. The van der Waals surface area contributed by atoms with Crippen molar-refractivity contribution in [2.24, 2.45) is 0 Å². The van der Waals surface area contributed by atoms with Crippen molar-refractivity contribution in [3.05, 3.63) is 0 Å². The van der Waals surface area contributed by atoms with Crippen molar-refractivity contribution < 1.29 is 5.11 Å². The third-order valence-electron chi connectivity index (χ3n) is 2.30. The molecule has 0 aliphatic heterocycles. The van der Waals surface area contributed by atoms with Gasteiger partial charge in [-0.2, -0.15) is 15.0 Å². The van der Waals surface area contributed by atoms with Gasteiger partial charge in [0, 0.05) is 33.3 Å². The summed E-state index contributed by atoms with van der Waals surface area (Å²) in [6.07, 6.45) is 0.652. The van der Waals surface area contributed by atoms with E-state index in [-0.39, 0.29) is 12.6 Å². The molecular weight excluding hydrogens is 232 g/mol. The first kappa shape index (κ1) is 14.4. The minimum absolute atomic E-state index is 0.113. The van der Waals surface area contributed by atoms with Gasteiger partial charge in [0.25, 0.3) is 0 Å². The zero-order valence-corrected chi connectivity index (χ0v) is 11.4. The van der Waals surface area contributed by atoms with E-state index in [4.69, 9.17) is 5.11 Å². The molecule has 7 nitrogen and oxygen atoms in total. The summed E-state index contributed by atoms with van der Waals surface area (Å²) in [6.45, 7) is 4.85. The number of anilines is 3. The molecule has 3 N–H and O–H groups in total. The maximum atomic E-state index is 8.88. The second kappa shape index (κ2) is 6.95. The number of hydrogen-bond acceptors (Lipinski definition) is 7. The molecule has 102 valence electrons. The van der Waals surface area contributed by atoms with Gasteiger partial charge in [-0.25, -0.2) is 0 Å². The maximum absolute atomic E-state index is 8.88. The van der Waals surface area contributed by atoms with Gasteiger partial charge in [0.15, 0.2) is 0 Å². The summed E-state index contributed by atoms with van der Waals surface area (Å²) in [7, 11) is 3.76. The first-order chi connectivity index (χ1) is 8.56. The number of hydrogen-bond donors (Lipinski definition) is 3. The molecule has 1 unspecified atom stereocenters. The highest BCUT2D eigenvalue weighted by molar-refractivity contribution is 5.43. The van der Waals surface area contributed by atoms with Crippen molar-refractivity contribution in [2.75, 3.05) is 42.8 Å². The van der Waals surface area contributed by atoms with E-state index < -0.39 is 0 Å². The van der Waals surface area contributed by atoms with Crippen molar-refractivity contribution in [3.8, 4) is 0 Å². The molecule has 0 saturated heterocycles. The Morgan fingerprint density at radius 1 is 1.22 bits per heavy atom. The van der Waals surface area contributed by atoms with Crippen LogP contribution < -0.4 is 15.5 Å². The number of nitrogens with one attached hydrogen (secondary N) is 2. The van der Waals surface area contributed by atoms with Gasteiger partial charge in [0.1, 0.15) is 0 Å². The highest BCUT2D eigenvalue weighted by Crippen LogP contribution is 2.12. The summed E-state index contributed by atoms with van der Waals surface area (Å²) in [5, 5.41) is 15.1. The fraction of sp³-hybridized carbons (Fsp3) is 0.727. The van der Waals surface area contributed by atoms with E-state index in [0.717, 1.165) is 6.54 Å². The summed E-state index contributed by atoms with van der Waals surface area (Å²) < 4.78 is 0. The Morgan fingerprint density at radius 2 is 1.89 bits per heavy atom. The SMILES string of the molecule is CCNc1nc(NC(C)CCO)nc(N(C)C)n1. The van der Waals surface area contributed by atoms with Gasteiger partial charge in [-0.3, -0.25) is 0 Å². The molecule has 0 spiro atoms. The van der Waals surface area contributed by atoms with Gasteiger partial charge in [-0.15, -0.1) is 0 Å². The average molecular weight is 254 g/mol. The van der Waals surface area contributed by atoms with Gasteiger partial charge in [0.05, 0.1) is 0 Å². The van der Waals surface area contributed by atoms with Crippen molar-refractivity contribution in [1.29, 1.82) is 0 Å². The fourth-order valence-corrected chi connectivity index (χ4v) is 1.35. The third-order valence-corrected chi connectivity index (χ3v) is 2.30. The Morgan fingerprint density at radius 3 is 2.44 bits per heavy atom. The number of aliphatic hydroxyl groups excluding tert-OH is 1. The van der Waals surface area contributed by atoms with E-state index in [1.165, 1.54) is 0 Å². The van der Waals surface area contributed by atoms with Gasteiger partial charge in [0.2, 0.25) is 17.8 Å². The van der Waals surface area contributed by atoms with E-state index in [9.17, 15) is 0 Å². The van der Waals surface area contributed by atoms with E-state index in [0.29, 0.717) is 24.3 Å². The Hall–Kier alpha value is -1.63. The Labute approximate surface area is 108 Å². The highest BCUT2D eigenvalue weighted by Gasteiger charge is 2.09. The minimum atomic E-state index is 0.113. The van der Waals surface area contributed by atoms with Crippen LogP contribution in [0.25, 0.3) is 0 Å². The number of rotatable bonds is 7. The largest absolute Gasteiger partial charge is 0.396 e. The van der Waals surface area contributed by atoms with Crippen molar-refractivity contribution in [1.82, 2.24) is 15.0 Å². The smallest absolute Gasteiger partial charge is 0.231 e. The van der Waals surface area contributed by atoms with E-state index in [1.807, 2.05) is 32.8 Å². The molecule has 0 fully saturated rings. The molecule has 18 heavy (non-hydrogen) atoms. The van der Waals surface area contributed by atoms with E-state index >= 15 is 0 Å². The second-order valence-corrected chi connectivity index (χ2v) is 4.27. The van der Waals surface area contributed by atoms with Gasteiger partial charge in [-0.1, -0.05) is 0 Å². The van der Waals surface area contributed by atoms with Crippen molar-refractivity contribution in [2.45, 2.75) is 26.3 Å². The van der Waals surface area contributed by atoms with Crippen LogP contribution in [-0.2, 0) is 0 Å². The first-order valence-corrected chi connectivity index (χ1v) is 6.11. The number of aromatic nitrogens is 3. The maximum Gasteiger partial charge on any atom is 0.231 e. The molecule has 0 amide bonds. The molecule has 1 rings (SSSR count). The van der Waals surface area contributed by atoms with Crippen molar-refractivity contribution >= 4 is 17.8 Å². The van der Waals surface area contributed by atoms with Crippen LogP contribution in [0.3, 0.4) is 0 Å². The minimum Gasteiger partial charge on any atom is -0.396 e. The van der Waals surface area contributed by atoms with Crippen LogP contribution >= 0.6 is 0 Å². The van der Waals surface area contributed by atoms with E-state index in [2.05, 4.69) is 25.6 Å². The lowest BCUT2D eigenvalue weighted by Crippen LogP contribution is -2.21. The number of aliphatic hydroxyl groups is 1. The molecule has 0 saturated carbocycles. The molecule has 0 aliphatic rings. The third kappa shape index (κ3) is 4.33. The van der Waals surface area contributed by atoms with Crippen LogP contribution in [0.5, 0.6) is 0 Å². The quantitative estimate of drug-likeness (QED) is 0.655. The zero-order valence-electron chi connectivity index (χ0n) is 11.4. The Kier molecular flexibility index (Phi) is 5.57. The lowest BCUT2D eigenvalue weighted by Gasteiger charge is -2.16. The monoisotopic (exact) mass is 254 g/mol. The summed E-state index contributed by atoms with van der Waals surface area (Å²) in [5.41, 5.74) is 0. The topological polar surface area (TPSA) is 86.2 Å². The molecule has 0 aromatic carbocycles. The predicted molar refractivity (Wildman–Crippen MR) is 73.1 cm³/mol. The molecule has 0 aliphatic carbocycles. The van der Waals surface area contributed by atoms with Gasteiger partial charge >= 0.3 is 0 Å². The number of nitrogens with zero attached hydrogens (tertiary/aromatic N) is 4. The molecule has 0 radical (unpaired) electrons. The molecule has 1 aromatic heterocycles. The lowest BCUT2D eigenvalue weighted by atomic mass is 10.2. The van der Waals surface area contributed by atoms with Crippen LogP contribution in [0.2, 0.25) is 0 Å². The standard InChI is InChI=1S/C11H22N6O/c1-5-12-9-14-10(13-8(2)6-7-18)16-11(15-9)17(3)4/h8,18H,5-7H2,1-4H3,(H2,12,13,14,15,16). The van der Waals surface area contributed by atoms with Crippen LogP contribution in [-0.4, -0.2) is 53.3 Å². The summed E-state index contributed by atoms with van der Waals surface area (Å²) >= 11 is 0. The predicted octanol–water partition coefficient (Wildman–Crippen LogP) is 0.552. The van der Waals surface area contributed by atoms with Gasteiger partial charge in [-0.05, 0) is 20.3 Å². The summed E-state index contributed by atoms with van der Waals surface area (Å²) in [6, 6.07) is 0.113. The van der Waals surface area contributed by atoms with Crippen molar-refractivity contribution in [3.63, 3.8) is 0 Å². The molecule has 1 atom stereocenters. The van der Waals surface area contributed by atoms with Crippen LogP contribution in [0.1, 0.15) is 20.3 Å². The van der Waals surface area contributed by atoms with Crippen LogP contribution in [0.4, 0.5) is 17.8 Å². The molecular formula is C11H22N6O. The van der Waals surface area contributed by atoms with Gasteiger partial charge < -0.3 is 20.6 Å². The first-order valence-electron chi connectivity index (χ1n) is 6.11. The molecule has 1 heterocycles. The van der Waals surface area contributed by atoms with Crippen LogP contribution in [0.15, 0.2) is 0 Å². The second-order valence-electron chi connectivity index (χ2n) is 4.27.